The molecule has 1 fully saturated rings. The van der Waals surface area contributed by atoms with E-state index in [-0.39, 0.29) is 23.3 Å². The maximum Gasteiger partial charge on any atom is 0.251 e. The van der Waals surface area contributed by atoms with Gasteiger partial charge in [-0.1, -0.05) is 6.92 Å². The van der Waals surface area contributed by atoms with Gasteiger partial charge < -0.3 is 20.7 Å². The Morgan fingerprint density at radius 2 is 2.03 bits per heavy atom. The average Bonchev–Trinajstić information content (AvgIpc) is 3.28. The quantitative estimate of drug-likeness (QED) is 0.375. The summed E-state index contributed by atoms with van der Waals surface area (Å²) < 4.78 is 35.5. The Kier molecular flexibility index (Phi) is 6.04. The summed E-state index contributed by atoms with van der Waals surface area (Å²) >= 11 is 0. The van der Waals surface area contributed by atoms with Crippen LogP contribution in [-0.2, 0) is 6.42 Å². The highest BCUT2D eigenvalue weighted by Crippen LogP contribution is 2.31. The standard InChI is InChI=1S/C25H24F2N6O2/c1-3-14-10-15(4-5-17(14)25(34)32-16-11-28-12-16)31-23-24-30-13-19(33(24)9-8-29-23)18-6-7-20(35-2)22(27)21(18)26/h4-10,13,16,28H,3,11-12H2,1-2H3,(H,29,31)(H,32,34). The van der Waals surface area contributed by atoms with E-state index in [1.807, 2.05) is 13.0 Å². The molecule has 5 rings (SSSR count). The monoisotopic (exact) mass is 478 g/mol. The van der Waals surface area contributed by atoms with Crippen molar-refractivity contribution in [1.29, 1.82) is 0 Å². The lowest BCUT2D eigenvalue weighted by Crippen LogP contribution is -2.57. The minimum atomic E-state index is -1.06. The van der Waals surface area contributed by atoms with Crippen molar-refractivity contribution in [3.8, 4) is 17.0 Å². The van der Waals surface area contributed by atoms with Gasteiger partial charge in [0.2, 0.25) is 5.82 Å². The number of halogens is 2. The molecular formula is C25H24F2N6O2. The Morgan fingerprint density at radius 3 is 2.74 bits per heavy atom. The Labute approximate surface area is 200 Å². The Morgan fingerprint density at radius 1 is 1.20 bits per heavy atom. The SMILES string of the molecule is CCc1cc(Nc2nccn3c(-c4ccc(OC)c(F)c4F)cnc23)ccc1C(=O)NC1CNC1. The molecule has 35 heavy (non-hydrogen) atoms. The highest BCUT2D eigenvalue weighted by atomic mass is 19.2. The lowest BCUT2D eigenvalue weighted by molar-refractivity contribution is 0.0923. The fourth-order valence-electron chi connectivity index (χ4n) is 4.07. The maximum absolute atomic E-state index is 14.7. The molecule has 0 unspecified atom stereocenters. The molecule has 2 aromatic carbocycles. The number of methoxy groups -OCH3 is 1. The molecular weight excluding hydrogens is 454 g/mol. The lowest BCUT2D eigenvalue weighted by Gasteiger charge is -2.28. The van der Waals surface area contributed by atoms with Crippen LogP contribution in [0.3, 0.4) is 0 Å². The second-order valence-electron chi connectivity index (χ2n) is 8.24. The van der Waals surface area contributed by atoms with Crippen molar-refractivity contribution in [3.05, 3.63) is 71.7 Å². The molecule has 2 aromatic heterocycles. The lowest BCUT2D eigenvalue weighted by atomic mass is 10.0. The first kappa shape index (κ1) is 22.7. The van der Waals surface area contributed by atoms with Gasteiger partial charge in [0.25, 0.3) is 5.91 Å². The summed E-state index contributed by atoms with van der Waals surface area (Å²) in [7, 11) is 1.28. The largest absolute Gasteiger partial charge is 0.494 e. The van der Waals surface area contributed by atoms with Crippen molar-refractivity contribution < 1.29 is 18.3 Å². The van der Waals surface area contributed by atoms with E-state index in [0.717, 1.165) is 24.3 Å². The predicted molar refractivity (Wildman–Crippen MR) is 128 cm³/mol. The fourth-order valence-corrected chi connectivity index (χ4v) is 4.07. The second kappa shape index (κ2) is 9.30. The van der Waals surface area contributed by atoms with Gasteiger partial charge in [0.05, 0.1) is 25.0 Å². The Bertz CT molecular complexity index is 1420. The number of ether oxygens (including phenoxy) is 1. The summed E-state index contributed by atoms with van der Waals surface area (Å²) in [6.45, 7) is 3.55. The van der Waals surface area contributed by atoms with E-state index >= 15 is 0 Å². The van der Waals surface area contributed by atoms with E-state index in [1.165, 1.54) is 25.4 Å². The van der Waals surface area contributed by atoms with Crippen molar-refractivity contribution >= 4 is 23.1 Å². The van der Waals surface area contributed by atoms with Crippen LogP contribution < -0.4 is 20.7 Å². The number of amides is 1. The van der Waals surface area contributed by atoms with Crippen molar-refractivity contribution in [3.63, 3.8) is 0 Å². The normalized spacial score (nSPS) is 13.5. The Balaban J connectivity index is 1.45. The second-order valence-corrected chi connectivity index (χ2v) is 8.24. The van der Waals surface area contributed by atoms with Crippen molar-refractivity contribution in [1.82, 2.24) is 25.0 Å². The molecule has 1 amide bonds. The van der Waals surface area contributed by atoms with Crippen LogP contribution >= 0.6 is 0 Å². The van der Waals surface area contributed by atoms with Gasteiger partial charge in [-0.15, -0.1) is 0 Å². The molecule has 4 aromatic rings. The van der Waals surface area contributed by atoms with Crippen LogP contribution in [0.4, 0.5) is 20.3 Å². The first-order valence-electron chi connectivity index (χ1n) is 11.3. The van der Waals surface area contributed by atoms with Gasteiger partial charge in [-0.05, 0) is 42.3 Å². The summed E-state index contributed by atoms with van der Waals surface area (Å²) in [5, 5.41) is 9.39. The zero-order valence-electron chi connectivity index (χ0n) is 19.2. The van der Waals surface area contributed by atoms with Gasteiger partial charge >= 0.3 is 0 Å². The van der Waals surface area contributed by atoms with E-state index in [2.05, 4.69) is 25.9 Å². The summed E-state index contributed by atoms with van der Waals surface area (Å²) in [4.78, 5) is 21.4. The molecule has 1 aliphatic rings. The predicted octanol–water partition coefficient (Wildman–Crippen LogP) is 3.69. The number of nitrogens with one attached hydrogen (secondary N) is 3. The third-order valence-electron chi connectivity index (χ3n) is 6.08. The highest BCUT2D eigenvalue weighted by Gasteiger charge is 2.22. The number of carbonyl (C=O) groups is 1. The number of aromatic nitrogens is 3. The summed E-state index contributed by atoms with van der Waals surface area (Å²) in [5.41, 5.74) is 3.13. The number of rotatable bonds is 7. The van der Waals surface area contributed by atoms with Crippen LogP contribution in [-0.4, -0.2) is 46.5 Å². The molecule has 1 saturated heterocycles. The molecule has 3 N–H and O–H groups in total. The molecule has 180 valence electrons. The number of nitrogens with zero attached hydrogens (tertiary/aromatic N) is 3. The number of hydrogen-bond acceptors (Lipinski definition) is 6. The minimum Gasteiger partial charge on any atom is -0.494 e. The van der Waals surface area contributed by atoms with Gasteiger partial charge in [0, 0.05) is 42.3 Å². The van der Waals surface area contributed by atoms with Crippen LogP contribution in [0, 0.1) is 11.6 Å². The highest BCUT2D eigenvalue weighted by molar-refractivity contribution is 5.96. The average molecular weight is 479 g/mol. The number of imidazole rings is 1. The molecule has 8 nitrogen and oxygen atoms in total. The van der Waals surface area contributed by atoms with Crippen molar-refractivity contribution in [2.75, 3.05) is 25.5 Å². The van der Waals surface area contributed by atoms with E-state index in [0.29, 0.717) is 29.1 Å². The van der Waals surface area contributed by atoms with Crippen LogP contribution in [0.15, 0.2) is 48.9 Å². The summed E-state index contributed by atoms with van der Waals surface area (Å²) in [6.07, 6.45) is 5.32. The summed E-state index contributed by atoms with van der Waals surface area (Å²) in [6, 6.07) is 8.48. The van der Waals surface area contributed by atoms with Gasteiger partial charge in [-0.2, -0.15) is 4.39 Å². The van der Waals surface area contributed by atoms with Gasteiger partial charge in [-0.3, -0.25) is 9.20 Å². The third kappa shape index (κ3) is 4.17. The number of fused-ring (bicyclic) bond motifs is 1. The van der Waals surface area contributed by atoms with Crippen LogP contribution in [0.25, 0.3) is 16.9 Å². The van der Waals surface area contributed by atoms with Crippen LogP contribution in [0.5, 0.6) is 5.75 Å². The first-order valence-corrected chi connectivity index (χ1v) is 11.3. The zero-order chi connectivity index (χ0) is 24.5. The maximum atomic E-state index is 14.7. The zero-order valence-corrected chi connectivity index (χ0v) is 19.2. The fraction of sp³-hybridized carbons (Fsp3) is 0.240. The molecule has 0 saturated carbocycles. The molecule has 3 heterocycles. The van der Waals surface area contributed by atoms with E-state index in [4.69, 9.17) is 4.74 Å². The van der Waals surface area contributed by atoms with Gasteiger partial charge in [0.1, 0.15) is 0 Å². The Hall–Kier alpha value is -4.05. The molecule has 0 bridgehead atoms. The van der Waals surface area contributed by atoms with E-state index < -0.39 is 11.6 Å². The van der Waals surface area contributed by atoms with Crippen molar-refractivity contribution in [2.45, 2.75) is 19.4 Å². The molecule has 10 heteroatoms. The number of aryl methyl sites for hydroxylation is 1. The number of anilines is 2. The topological polar surface area (TPSA) is 92.6 Å². The molecule has 0 aliphatic carbocycles. The van der Waals surface area contributed by atoms with E-state index in [9.17, 15) is 13.6 Å². The van der Waals surface area contributed by atoms with E-state index in [1.54, 1.807) is 28.9 Å². The number of hydrogen-bond donors (Lipinski definition) is 3. The number of carbonyl (C=O) groups excluding carboxylic acids is 1. The molecule has 1 aliphatic heterocycles. The third-order valence-corrected chi connectivity index (χ3v) is 6.08. The number of benzene rings is 2. The minimum absolute atomic E-state index is 0.0539. The van der Waals surface area contributed by atoms with Crippen LogP contribution in [0.1, 0.15) is 22.8 Å². The molecule has 0 spiro atoms. The van der Waals surface area contributed by atoms with Crippen LogP contribution in [0.2, 0.25) is 0 Å². The molecule has 0 radical (unpaired) electrons. The van der Waals surface area contributed by atoms with Gasteiger partial charge in [0.15, 0.2) is 23.0 Å². The van der Waals surface area contributed by atoms with Crippen molar-refractivity contribution in [2.24, 2.45) is 0 Å². The first-order chi connectivity index (χ1) is 17.0. The smallest absolute Gasteiger partial charge is 0.251 e. The van der Waals surface area contributed by atoms with Gasteiger partial charge in [-0.25, -0.2) is 14.4 Å². The summed E-state index contributed by atoms with van der Waals surface area (Å²) in [5.74, 6) is -1.90. The molecule has 0 atom stereocenters.